The molecule has 0 spiro atoms. The Hall–Kier alpha value is -0.220. The van der Waals surface area contributed by atoms with Gasteiger partial charge in [0.1, 0.15) is 0 Å². The molecule has 16 heavy (non-hydrogen) atoms. The minimum atomic E-state index is 0.664. The smallest absolute Gasteiger partial charge is 0.157 e. The summed E-state index contributed by atoms with van der Waals surface area (Å²) in [5.41, 5.74) is 0. The predicted molar refractivity (Wildman–Crippen MR) is 70.1 cm³/mol. The van der Waals surface area contributed by atoms with Gasteiger partial charge in [-0.1, -0.05) is 25.1 Å². The van der Waals surface area contributed by atoms with E-state index in [2.05, 4.69) is 22.1 Å². The van der Waals surface area contributed by atoms with Crippen LogP contribution in [0.5, 0.6) is 0 Å². The summed E-state index contributed by atoms with van der Waals surface area (Å²) in [6, 6.07) is 1.45. The molecular formula is C12H21N3S. The van der Waals surface area contributed by atoms with E-state index in [9.17, 15) is 0 Å². The summed E-state index contributed by atoms with van der Waals surface area (Å²) in [6.45, 7) is 5.85. The zero-order valence-electron chi connectivity index (χ0n) is 9.98. The second kappa shape index (κ2) is 4.57. The summed E-state index contributed by atoms with van der Waals surface area (Å²) in [7, 11) is 0. The Morgan fingerprint density at radius 3 is 3.06 bits per heavy atom. The van der Waals surface area contributed by atoms with E-state index in [0.717, 1.165) is 12.6 Å². The summed E-state index contributed by atoms with van der Waals surface area (Å²) < 4.78 is 0. The molecule has 3 heterocycles. The fourth-order valence-electron chi connectivity index (χ4n) is 3.13. The second-order valence-electron chi connectivity index (χ2n) is 5.21. The highest BCUT2D eigenvalue weighted by molar-refractivity contribution is 8.14. The lowest BCUT2D eigenvalue weighted by molar-refractivity contribution is 0.185. The predicted octanol–water partition coefficient (Wildman–Crippen LogP) is 1.69. The van der Waals surface area contributed by atoms with E-state index in [1.807, 2.05) is 11.8 Å². The fourth-order valence-corrected chi connectivity index (χ4v) is 4.03. The van der Waals surface area contributed by atoms with Gasteiger partial charge in [0, 0.05) is 23.9 Å². The monoisotopic (exact) mass is 239 g/mol. The number of nitrogens with one attached hydrogen (secondary N) is 1. The Balaban J connectivity index is 1.59. The molecule has 2 saturated heterocycles. The van der Waals surface area contributed by atoms with Crippen molar-refractivity contribution in [3.8, 4) is 0 Å². The van der Waals surface area contributed by atoms with E-state index < -0.39 is 0 Å². The van der Waals surface area contributed by atoms with Gasteiger partial charge in [0.05, 0.1) is 6.54 Å². The van der Waals surface area contributed by atoms with Crippen LogP contribution in [0.3, 0.4) is 0 Å². The average molecular weight is 239 g/mol. The van der Waals surface area contributed by atoms with Crippen LogP contribution in [0.4, 0.5) is 0 Å². The molecule has 1 N–H and O–H groups in total. The molecule has 0 aromatic carbocycles. The third-order valence-electron chi connectivity index (χ3n) is 3.97. The number of hydrogen-bond donors (Lipinski definition) is 1. The Labute approximate surface area is 102 Å². The van der Waals surface area contributed by atoms with Gasteiger partial charge in [0.15, 0.2) is 5.17 Å². The van der Waals surface area contributed by atoms with E-state index in [4.69, 9.17) is 0 Å². The Morgan fingerprint density at radius 2 is 2.25 bits per heavy atom. The van der Waals surface area contributed by atoms with Crippen molar-refractivity contribution in [1.29, 1.82) is 0 Å². The standard InChI is InChI=1S/C12H21N3S/c1-9-8-13-12(16-9)14-10-5-7-15-6-3-2-4-11(10)15/h9-11H,2-8H2,1H3,(H,13,14). The number of piperidine rings is 1. The molecule has 4 heteroatoms. The Morgan fingerprint density at radius 1 is 1.31 bits per heavy atom. The SMILES string of the molecule is CC1CN=C(NC2CCN3CCCCC23)S1. The van der Waals surface area contributed by atoms with Crippen molar-refractivity contribution >= 4 is 16.9 Å². The summed E-state index contributed by atoms with van der Waals surface area (Å²) in [4.78, 5) is 7.24. The van der Waals surface area contributed by atoms with Gasteiger partial charge in [0.25, 0.3) is 0 Å². The highest BCUT2D eigenvalue weighted by Gasteiger charge is 2.36. The molecule has 3 atom stereocenters. The maximum atomic E-state index is 4.57. The van der Waals surface area contributed by atoms with Crippen molar-refractivity contribution in [3.63, 3.8) is 0 Å². The summed E-state index contributed by atoms with van der Waals surface area (Å²) in [6.07, 6.45) is 5.50. The molecule has 0 aliphatic carbocycles. The van der Waals surface area contributed by atoms with E-state index in [0.29, 0.717) is 11.3 Å². The number of aliphatic imine (C=N–C) groups is 1. The van der Waals surface area contributed by atoms with Crippen molar-refractivity contribution in [2.75, 3.05) is 19.6 Å². The van der Waals surface area contributed by atoms with Crippen LogP contribution < -0.4 is 5.32 Å². The molecule has 3 nitrogen and oxygen atoms in total. The number of nitrogens with zero attached hydrogens (tertiary/aromatic N) is 2. The lowest BCUT2D eigenvalue weighted by Gasteiger charge is -2.32. The largest absolute Gasteiger partial charge is 0.361 e. The molecule has 0 aromatic rings. The molecule has 3 aliphatic heterocycles. The molecule has 0 saturated carbocycles. The van der Waals surface area contributed by atoms with Gasteiger partial charge in [-0.05, 0) is 25.8 Å². The minimum absolute atomic E-state index is 0.664. The van der Waals surface area contributed by atoms with E-state index in [1.54, 1.807) is 0 Å². The van der Waals surface area contributed by atoms with E-state index >= 15 is 0 Å². The van der Waals surface area contributed by atoms with E-state index in [-0.39, 0.29) is 0 Å². The number of rotatable bonds is 1. The van der Waals surface area contributed by atoms with Crippen molar-refractivity contribution in [3.05, 3.63) is 0 Å². The minimum Gasteiger partial charge on any atom is -0.361 e. The first-order chi connectivity index (χ1) is 7.83. The number of thioether (sulfide) groups is 1. The third kappa shape index (κ3) is 2.09. The molecule has 90 valence electrons. The van der Waals surface area contributed by atoms with Gasteiger partial charge in [-0.25, -0.2) is 0 Å². The quantitative estimate of drug-likeness (QED) is 0.754. The van der Waals surface area contributed by atoms with Gasteiger partial charge in [-0.15, -0.1) is 0 Å². The topological polar surface area (TPSA) is 27.6 Å². The Bertz CT molecular complexity index is 292. The molecule has 0 bridgehead atoms. The molecule has 3 rings (SSSR count). The van der Waals surface area contributed by atoms with Crippen molar-refractivity contribution < 1.29 is 0 Å². The Kier molecular flexibility index (Phi) is 3.11. The number of fused-ring (bicyclic) bond motifs is 1. The lowest BCUT2D eigenvalue weighted by atomic mass is 9.99. The van der Waals surface area contributed by atoms with Crippen LogP contribution in [0.15, 0.2) is 4.99 Å². The first-order valence-corrected chi connectivity index (χ1v) is 7.42. The van der Waals surface area contributed by atoms with Crippen molar-refractivity contribution in [2.45, 2.75) is 49.9 Å². The molecule has 2 fully saturated rings. The number of hydrogen-bond acceptors (Lipinski definition) is 4. The first kappa shape index (κ1) is 10.9. The third-order valence-corrected chi connectivity index (χ3v) is 4.99. The maximum Gasteiger partial charge on any atom is 0.157 e. The van der Waals surface area contributed by atoms with Gasteiger partial charge in [-0.3, -0.25) is 9.89 Å². The highest BCUT2D eigenvalue weighted by atomic mass is 32.2. The van der Waals surface area contributed by atoms with Gasteiger partial charge in [0.2, 0.25) is 0 Å². The van der Waals surface area contributed by atoms with Crippen LogP contribution in [0.25, 0.3) is 0 Å². The number of amidine groups is 1. The average Bonchev–Trinajstić information content (AvgIpc) is 2.87. The normalized spacial score (nSPS) is 39.6. The van der Waals surface area contributed by atoms with Crippen LogP contribution in [-0.4, -0.2) is 47.0 Å². The van der Waals surface area contributed by atoms with Crippen LogP contribution in [0.2, 0.25) is 0 Å². The molecule has 0 radical (unpaired) electrons. The fraction of sp³-hybridized carbons (Fsp3) is 0.917. The maximum absolute atomic E-state index is 4.57. The van der Waals surface area contributed by atoms with Gasteiger partial charge in [-0.2, -0.15) is 0 Å². The van der Waals surface area contributed by atoms with Crippen molar-refractivity contribution in [2.24, 2.45) is 4.99 Å². The lowest BCUT2D eigenvalue weighted by Crippen LogP contribution is -2.46. The molecule has 0 amide bonds. The molecular weight excluding hydrogens is 218 g/mol. The first-order valence-electron chi connectivity index (χ1n) is 6.54. The highest BCUT2D eigenvalue weighted by Crippen LogP contribution is 2.28. The van der Waals surface area contributed by atoms with Gasteiger partial charge < -0.3 is 5.32 Å². The van der Waals surface area contributed by atoms with E-state index in [1.165, 1.54) is 43.9 Å². The molecule has 3 unspecified atom stereocenters. The molecule has 0 aromatic heterocycles. The summed E-state index contributed by atoms with van der Waals surface area (Å²) >= 11 is 1.91. The zero-order chi connectivity index (χ0) is 11.0. The zero-order valence-corrected chi connectivity index (χ0v) is 10.8. The van der Waals surface area contributed by atoms with Gasteiger partial charge >= 0.3 is 0 Å². The van der Waals surface area contributed by atoms with Crippen LogP contribution in [0, 0.1) is 0 Å². The van der Waals surface area contributed by atoms with Crippen LogP contribution in [0.1, 0.15) is 32.6 Å². The second-order valence-corrected chi connectivity index (χ2v) is 6.64. The van der Waals surface area contributed by atoms with Crippen molar-refractivity contribution in [1.82, 2.24) is 10.2 Å². The molecule has 3 aliphatic rings. The van der Waals surface area contributed by atoms with Crippen LogP contribution in [-0.2, 0) is 0 Å². The summed E-state index contributed by atoms with van der Waals surface area (Å²) in [5.74, 6) is 0. The summed E-state index contributed by atoms with van der Waals surface area (Å²) in [5, 5.41) is 5.55. The van der Waals surface area contributed by atoms with Crippen LogP contribution >= 0.6 is 11.8 Å².